The molecule has 1 fully saturated rings. The molecule has 0 radical (unpaired) electrons. The van der Waals surface area contributed by atoms with E-state index < -0.39 is 12.0 Å². The molecule has 3 N–H and O–H groups in total. The zero-order chi connectivity index (χ0) is 16.3. The average Bonchev–Trinajstić information content (AvgIpc) is 3.06. The normalized spacial score (nSPS) is 23.9. The van der Waals surface area contributed by atoms with Crippen LogP contribution in [0.4, 0.5) is 0 Å². The zero-order valence-electron chi connectivity index (χ0n) is 13.9. The maximum atomic E-state index is 11.5. The minimum atomic E-state index is -0.853. The Labute approximate surface area is 158 Å². The second kappa shape index (κ2) is 10.2. The first kappa shape index (κ1) is 23.1. The quantitative estimate of drug-likeness (QED) is 0.685. The molecule has 1 aliphatic heterocycles. The fraction of sp³-hybridized carbons (Fsp3) is 0.667. The molecule has 0 bridgehead atoms. The van der Waals surface area contributed by atoms with Crippen LogP contribution in [0.5, 0.6) is 0 Å². The highest BCUT2D eigenvalue weighted by molar-refractivity contribution is 7.07. The van der Waals surface area contributed by atoms with E-state index >= 15 is 0 Å². The number of amides is 1. The Balaban J connectivity index is 0.00000264. The van der Waals surface area contributed by atoms with Crippen LogP contribution in [0.1, 0.15) is 45.2 Å². The molecule has 2 rings (SSSR count). The molecule has 138 valence electrons. The Hall–Kier alpha value is -0.890. The van der Waals surface area contributed by atoms with E-state index in [-0.39, 0.29) is 48.7 Å². The highest BCUT2D eigenvalue weighted by atomic mass is 35.5. The molecule has 1 amide bonds. The van der Waals surface area contributed by atoms with Crippen molar-refractivity contribution in [3.05, 3.63) is 16.6 Å². The molecule has 6 nitrogen and oxygen atoms in total. The summed E-state index contributed by atoms with van der Waals surface area (Å²) < 4.78 is 0. The molecule has 1 saturated heterocycles. The van der Waals surface area contributed by atoms with Crippen molar-refractivity contribution in [2.45, 2.75) is 57.7 Å². The molecule has 1 aromatic heterocycles. The number of hydrogen-bond acceptors (Lipinski definition) is 5. The molecule has 4 atom stereocenters. The van der Waals surface area contributed by atoms with Crippen LogP contribution in [0.15, 0.2) is 10.9 Å². The number of aliphatic carboxylic acids is 1. The van der Waals surface area contributed by atoms with Gasteiger partial charge in [0.1, 0.15) is 6.04 Å². The Bertz CT molecular complexity index is 528. The van der Waals surface area contributed by atoms with Gasteiger partial charge in [0.05, 0.1) is 11.2 Å². The van der Waals surface area contributed by atoms with Crippen LogP contribution in [0.3, 0.4) is 0 Å². The Morgan fingerprint density at radius 3 is 2.58 bits per heavy atom. The number of rotatable bonds is 6. The predicted octanol–water partition coefficient (Wildman–Crippen LogP) is 2.44. The monoisotopic (exact) mass is 397 g/mol. The Kier molecular flexibility index (Phi) is 9.80. The van der Waals surface area contributed by atoms with E-state index in [1.165, 1.54) is 18.3 Å². The highest BCUT2D eigenvalue weighted by Crippen LogP contribution is 2.34. The number of carbonyl (C=O) groups is 2. The van der Waals surface area contributed by atoms with E-state index in [0.29, 0.717) is 12.3 Å². The SMILES string of the molecule is CC(=O)N[C@@H](CC(C)C)[C@@H]1N[C@@H](C(=O)O)C[C@H]1c1cscn1.Cl.Cl. The number of nitrogens with zero attached hydrogens (tertiary/aromatic N) is 1. The first-order valence-corrected chi connectivity index (χ1v) is 8.46. The minimum Gasteiger partial charge on any atom is -0.480 e. The lowest BCUT2D eigenvalue weighted by atomic mass is 9.87. The summed E-state index contributed by atoms with van der Waals surface area (Å²) >= 11 is 1.50. The van der Waals surface area contributed by atoms with Gasteiger partial charge in [0.25, 0.3) is 0 Å². The predicted molar refractivity (Wildman–Crippen MR) is 99.4 cm³/mol. The van der Waals surface area contributed by atoms with Gasteiger partial charge in [-0.2, -0.15) is 0 Å². The summed E-state index contributed by atoms with van der Waals surface area (Å²) in [6.07, 6.45) is 1.29. The summed E-state index contributed by atoms with van der Waals surface area (Å²) in [6.45, 7) is 5.68. The van der Waals surface area contributed by atoms with E-state index in [1.54, 1.807) is 5.51 Å². The standard InChI is InChI=1S/C15H23N3O3S.2ClH/c1-8(2)4-11(17-9(3)19)14-10(13-6-22-7-16-13)5-12(18-14)15(20)21;;/h6-8,10-12,14,18H,4-5H2,1-3H3,(H,17,19)(H,20,21);2*1H/t10-,11-,12+,14+;;/m0../s1. The van der Waals surface area contributed by atoms with Gasteiger partial charge in [0.2, 0.25) is 5.91 Å². The molecule has 1 aromatic rings. The van der Waals surface area contributed by atoms with Crippen molar-refractivity contribution in [1.82, 2.24) is 15.6 Å². The topological polar surface area (TPSA) is 91.3 Å². The number of aromatic nitrogens is 1. The van der Waals surface area contributed by atoms with Crippen LogP contribution >= 0.6 is 36.2 Å². The summed E-state index contributed by atoms with van der Waals surface area (Å²) in [4.78, 5) is 27.2. The van der Waals surface area contributed by atoms with Gasteiger partial charge < -0.3 is 10.4 Å². The molecule has 2 heterocycles. The number of thiazole rings is 1. The number of halogens is 2. The molecule has 0 aliphatic carbocycles. The number of carbonyl (C=O) groups excluding carboxylic acids is 1. The molecule has 0 spiro atoms. The van der Waals surface area contributed by atoms with Crippen LogP contribution in [-0.2, 0) is 9.59 Å². The van der Waals surface area contributed by atoms with Gasteiger partial charge in [0, 0.05) is 30.3 Å². The number of nitrogens with one attached hydrogen (secondary N) is 2. The van der Waals surface area contributed by atoms with Crippen molar-refractivity contribution in [1.29, 1.82) is 0 Å². The first-order valence-electron chi connectivity index (χ1n) is 7.52. The van der Waals surface area contributed by atoms with Crippen molar-refractivity contribution in [3.8, 4) is 0 Å². The molecular formula is C15H25Cl2N3O3S. The van der Waals surface area contributed by atoms with E-state index in [9.17, 15) is 14.7 Å². The molecule has 24 heavy (non-hydrogen) atoms. The molecular weight excluding hydrogens is 373 g/mol. The third-order valence-corrected chi connectivity index (χ3v) is 4.60. The fourth-order valence-electron chi connectivity index (χ4n) is 3.16. The van der Waals surface area contributed by atoms with Gasteiger partial charge in [-0.25, -0.2) is 4.98 Å². The summed E-state index contributed by atoms with van der Waals surface area (Å²) in [6, 6.07) is -0.817. The maximum absolute atomic E-state index is 11.5. The first-order chi connectivity index (χ1) is 10.4. The molecule has 1 aliphatic rings. The van der Waals surface area contributed by atoms with Gasteiger partial charge in [-0.15, -0.1) is 36.2 Å². The van der Waals surface area contributed by atoms with Gasteiger partial charge in [-0.1, -0.05) is 13.8 Å². The average molecular weight is 398 g/mol. The second-order valence-electron chi connectivity index (χ2n) is 6.28. The van der Waals surface area contributed by atoms with Crippen molar-refractivity contribution >= 4 is 48.0 Å². The fourth-order valence-corrected chi connectivity index (χ4v) is 3.78. The van der Waals surface area contributed by atoms with Gasteiger partial charge in [-0.05, 0) is 18.8 Å². The van der Waals surface area contributed by atoms with Crippen molar-refractivity contribution in [2.75, 3.05) is 0 Å². The van der Waals surface area contributed by atoms with E-state index in [1.807, 2.05) is 5.38 Å². The van der Waals surface area contributed by atoms with E-state index in [2.05, 4.69) is 29.5 Å². The summed E-state index contributed by atoms with van der Waals surface area (Å²) in [5.74, 6) is -0.543. The smallest absolute Gasteiger partial charge is 0.320 e. The number of carboxylic acids is 1. The second-order valence-corrected chi connectivity index (χ2v) is 6.99. The van der Waals surface area contributed by atoms with Crippen molar-refractivity contribution < 1.29 is 14.7 Å². The molecule has 0 saturated carbocycles. The van der Waals surface area contributed by atoms with Crippen molar-refractivity contribution in [2.24, 2.45) is 5.92 Å². The van der Waals surface area contributed by atoms with Crippen LogP contribution in [0.2, 0.25) is 0 Å². The summed E-state index contributed by atoms with van der Waals surface area (Å²) in [5.41, 5.74) is 2.67. The number of hydrogen-bond donors (Lipinski definition) is 3. The Morgan fingerprint density at radius 1 is 1.46 bits per heavy atom. The maximum Gasteiger partial charge on any atom is 0.320 e. The molecule has 9 heteroatoms. The lowest BCUT2D eigenvalue weighted by Gasteiger charge is -2.30. The van der Waals surface area contributed by atoms with Gasteiger partial charge >= 0.3 is 5.97 Å². The Morgan fingerprint density at radius 2 is 2.12 bits per heavy atom. The summed E-state index contributed by atoms with van der Waals surface area (Å²) in [7, 11) is 0. The van der Waals surface area contributed by atoms with Gasteiger partial charge in [0.15, 0.2) is 0 Å². The zero-order valence-corrected chi connectivity index (χ0v) is 16.3. The van der Waals surface area contributed by atoms with Crippen LogP contribution in [0, 0.1) is 5.92 Å². The lowest BCUT2D eigenvalue weighted by Crippen LogP contribution is -2.51. The highest BCUT2D eigenvalue weighted by Gasteiger charge is 2.43. The molecule has 0 aromatic carbocycles. The summed E-state index contributed by atoms with van der Waals surface area (Å²) in [5, 5.41) is 17.5. The van der Waals surface area contributed by atoms with E-state index in [0.717, 1.165) is 12.1 Å². The third kappa shape index (κ3) is 5.88. The van der Waals surface area contributed by atoms with Crippen LogP contribution in [0.25, 0.3) is 0 Å². The van der Waals surface area contributed by atoms with Crippen LogP contribution in [-0.4, -0.2) is 40.1 Å². The lowest BCUT2D eigenvalue weighted by molar-refractivity contribution is -0.139. The van der Waals surface area contributed by atoms with E-state index in [4.69, 9.17) is 0 Å². The minimum absolute atomic E-state index is 0. The number of carboxylic acid groups (broad SMARTS) is 1. The largest absolute Gasteiger partial charge is 0.480 e. The third-order valence-electron chi connectivity index (χ3n) is 3.99. The van der Waals surface area contributed by atoms with Crippen LogP contribution < -0.4 is 10.6 Å². The van der Waals surface area contributed by atoms with Crippen molar-refractivity contribution in [3.63, 3.8) is 0 Å². The molecule has 0 unspecified atom stereocenters. The van der Waals surface area contributed by atoms with Gasteiger partial charge in [-0.3, -0.25) is 14.9 Å².